The van der Waals surface area contributed by atoms with E-state index in [1.165, 1.54) is 19.2 Å². The molecule has 1 aromatic carbocycles. The maximum Gasteiger partial charge on any atom is 0.227 e. The van der Waals surface area contributed by atoms with Crippen molar-refractivity contribution in [2.75, 3.05) is 23.3 Å². The van der Waals surface area contributed by atoms with Gasteiger partial charge in [0, 0.05) is 42.4 Å². The Morgan fingerprint density at radius 1 is 1.03 bits per heavy atom. The second-order valence-electron chi connectivity index (χ2n) is 7.63. The van der Waals surface area contributed by atoms with Crippen molar-refractivity contribution in [3.8, 4) is 5.69 Å². The minimum atomic E-state index is 0.00943. The summed E-state index contributed by atoms with van der Waals surface area (Å²) in [5.74, 6) is 1.68. The number of carbonyl (C=O) groups is 1. The standard InChI is InChI=1S/C20H22N8O/c29-20(24-16-3-5-17(6-4-16)28-13-23-25-26-28)15-7-9-27(10-8-15)19-11-18(14-1-2-14)21-12-22-19/h3-6,11-15H,1-2,7-10H2,(H,24,29). The van der Waals surface area contributed by atoms with Crippen molar-refractivity contribution in [2.24, 2.45) is 5.92 Å². The molecule has 0 unspecified atom stereocenters. The lowest BCUT2D eigenvalue weighted by molar-refractivity contribution is -0.120. The molecule has 29 heavy (non-hydrogen) atoms. The van der Waals surface area contributed by atoms with Crippen LogP contribution in [0.1, 0.15) is 37.3 Å². The monoisotopic (exact) mass is 390 g/mol. The van der Waals surface area contributed by atoms with Crippen LogP contribution in [0.2, 0.25) is 0 Å². The average Bonchev–Trinajstić information content (AvgIpc) is 3.49. The molecule has 0 spiro atoms. The Morgan fingerprint density at radius 3 is 2.52 bits per heavy atom. The van der Waals surface area contributed by atoms with Crippen LogP contribution in [0.25, 0.3) is 5.69 Å². The number of amides is 1. The van der Waals surface area contributed by atoms with Crippen LogP contribution >= 0.6 is 0 Å². The molecular formula is C20H22N8O. The molecule has 2 aromatic heterocycles. The summed E-state index contributed by atoms with van der Waals surface area (Å²) in [5, 5.41) is 14.1. The van der Waals surface area contributed by atoms with Crippen molar-refractivity contribution in [3.05, 3.63) is 48.7 Å². The molecular weight excluding hydrogens is 368 g/mol. The summed E-state index contributed by atoms with van der Waals surface area (Å²) in [6.07, 6.45) is 7.30. The highest BCUT2D eigenvalue weighted by molar-refractivity contribution is 5.92. The van der Waals surface area contributed by atoms with Gasteiger partial charge in [-0.3, -0.25) is 4.79 Å². The Balaban J connectivity index is 1.16. The quantitative estimate of drug-likeness (QED) is 0.712. The molecule has 0 atom stereocenters. The molecule has 9 nitrogen and oxygen atoms in total. The van der Waals surface area contributed by atoms with E-state index in [4.69, 9.17) is 0 Å². The molecule has 2 fully saturated rings. The van der Waals surface area contributed by atoms with Crippen molar-refractivity contribution in [3.63, 3.8) is 0 Å². The van der Waals surface area contributed by atoms with Gasteiger partial charge >= 0.3 is 0 Å². The Morgan fingerprint density at radius 2 is 1.83 bits per heavy atom. The predicted octanol–water partition coefficient (Wildman–Crippen LogP) is 2.18. The molecule has 3 heterocycles. The summed E-state index contributed by atoms with van der Waals surface area (Å²) in [5.41, 5.74) is 2.77. The van der Waals surface area contributed by atoms with Gasteiger partial charge in [0.2, 0.25) is 5.91 Å². The van der Waals surface area contributed by atoms with E-state index in [2.05, 4.69) is 41.8 Å². The number of nitrogens with zero attached hydrogens (tertiary/aromatic N) is 7. The van der Waals surface area contributed by atoms with E-state index in [0.29, 0.717) is 5.92 Å². The SMILES string of the molecule is O=C(Nc1ccc(-n2cnnn2)cc1)C1CCN(c2cc(C3CC3)ncn2)CC1. The van der Waals surface area contributed by atoms with Crippen LogP contribution in [0.5, 0.6) is 0 Å². The first-order valence-electron chi connectivity index (χ1n) is 9.97. The number of aromatic nitrogens is 6. The first-order valence-corrected chi connectivity index (χ1v) is 9.97. The molecule has 1 saturated heterocycles. The molecule has 1 N–H and O–H groups in total. The molecule has 5 rings (SSSR count). The van der Waals surface area contributed by atoms with Crippen molar-refractivity contribution in [1.82, 2.24) is 30.2 Å². The van der Waals surface area contributed by atoms with Gasteiger partial charge in [-0.25, -0.2) is 14.6 Å². The fraction of sp³-hybridized carbons (Fsp3) is 0.400. The van der Waals surface area contributed by atoms with Crippen LogP contribution in [-0.2, 0) is 4.79 Å². The fourth-order valence-corrected chi connectivity index (χ4v) is 3.73. The van der Waals surface area contributed by atoms with E-state index in [0.717, 1.165) is 48.8 Å². The molecule has 1 aliphatic carbocycles. The summed E-state index contributed by atoms with van der Waals surface area (Å²) < 4.78 is 1.57. The summed E-state index contributed by atoms with van der Waals surface area (Å²) >= 11 is 0. The first kappa shape index (κ1) is 17.7. The smallest absolute Gasteiger partial charge is 0.227 e. The minimum Gasteiger partial charge on any atom is -0.356 e. The van der Waals surface area contributed by atoms with Crippen LogP contribution in [0.15, 0.2) is 43.0 Å². The largest absolute Gasteiger partial charge is 0.356 e. The van der Waals surface area contributed by atoms with Crippen LogP contribution < -0.4 is 10.2 Å². The topological polar surface area (TPSA) is 102 Å². The number of piperidine rings is 1. The van der Waals surface area contributed by atoms with Gasteiger partial charge in [0.25, 0.3) is 0 Å². The van der Waals surface area contributed by atoms with Gasteiger partial charge in [-0.15, -0.1) is 5.10 Å². The molecule has 3 aromatic rings. The van der Waals surface area contributed by atoms with E-state index in [1.54, 1.807) is 11.0 Å². The van der Waals surface area contributed by atoms with E-state index < -0.39 is 0 Å². The third-order valence-electron chi connectivity index (χ3n) is 5.61. The van der Waals surface area contributed by atoms with Gasteiger partial charge < -0.3 is 10.2 Å². The highest BCUT2D eigenvalue weighted by Crippen LogP contribution is 2.39. The molecule has 148 valence electrons. The van der Waals surface area contributed by atoms with Crippen LogP contribution in [-0.4, -0.2) is 49.2 Å². The van der Waals surface area contributed by atoms with Gasteiger partial charge in [0.15, 0.2) is 0 Å². The fourth-order valence-electron chi connectivity index (χ4n) is 3.73. The predicted molar refractivity (Wildman–Crippen MR) is 107 cm³/mol. The van der Waals surface area contributed by atoms with Gasteiger partial charge in [-0.05, 0) is 60.4 Å². The van der Waals surface area contributed by atoms with E-state index >= 15 is 0 Å². The maximum atomic E-state index is 12.7. The second-order valence-corrected chi connectivity index (χ2v) is 7.63. The number of benzene rings is 1. The van der Waals surface area contributed by atoms with Crippen molar-refractivity contribution in [2.45, 2.75) is 31.6 Å². The number of tetrazole rings is 1. The number of carbonyl (C=O) groups excluding carboxylic acids is 1. The second kappa shape index (κ2) is 7.57. The van der Waals surface area contributed by atoms with E-state index in [1.807, 2.05) is 24.3 Å². The van der Waals surface area contributed by atoms with E-state index in [-0.39, 0.29) is 11.8 Å². The average molecular weight is 390 g/mol. The third kappa shape index (κ3) is 3.94. The third-order valence-corrected chi connectivity index (χ3v) is 5.61. The normalized spacial score (nSPS) is 17.3. The molecule has 1 aliphatic heterocycles. The number of anilines is 2. The van der Waals surface area contributed by atoms with Crippen molar-refractivity contribution < 1.29 is 4.79 Å². The summed E-state index contributed by atoms with van der Waals surface area (Å²) in [7, 11) is 0. The lowest BCUT2D eigenvalue weighted by Crippen LogP contribution is -2.38. The van der Waals surface area contributed by atoms with Gasteiger partial charge in [-0.1, -0.05) is 0 Å². The molecule has 2 aliphatic rings. The summed E-state index contributed by atoms with van der Waals surface area (Å²) in [6.45, 7) is 1.66. The highest BCUT2D eigenvalue weighted by Gasteiger charge is 2.28. The lowest BCUT2D eigenvalue weighted by atomic mass is 9.95. The minimum absolute atomic E-state index is 0.00943. The molecule has 0 radical (unpaired) electrons. The van der Waals surface area contributed by atoms with Gasteiger partial charge in [-0.2, -0.15) is 0 Å². The van der Waals surface area contributed by atoms with Crippen LogP contribution in [0, 0.1) is 5.92 Å². The Bertz CT molecular complexity index is 976. The Kier molecular flexibility index (Phi) is 4.63. The zero-order valence-corrected chi connectivity index (χ0v) is 16.0. The number of hydrogen-bond donors (Lipinski definition) is 1. The van der Waals surface area contributed by atoms with Crippen LogP contribution in [0.3, 0.4) is 0 Å². The molecule has 9 heteroatoms. The maximum absolute atomic E-state index is 12.7. The molecule has 0 bridgehead atoms. The Hall–Kier alpha value is -3.36. The summed E-state index contributed by atoms with van der Waals surface area (Å²) in [6, 6.07) is 9.60. The lowest BCUT2D eigenvalue weighted by Gasteiger charge is -2.32. The Labute approximate surface area is 168 Å². The summed E-state index contributed by atoms with van der Waals surface area (Å²) in [4.78, 5) is 23.8. The van der Waals surface area contributed by atoms with Crippen LogP contribution in [0.4, 0.5) is 11.5 Å². The zero-order chi connectivity index (χ0) is 19.6. The first-order chi connectivity index (χ1) is 14.3. The van der Waals surface area contributed by atoms with Crippen molar-refractivity contribution in [1.29, 1.82) is 0 Å². The number of hydrogen-bond acceptors (Lipinski definition) is 7. The highest BCUT2D eigenvalue weighted by atomic mass is 16.1. The number of nitrogens with one attached hydrogen (secondary N) is 1. The van der Waals surface area contributed by atoms with E-state index in [9.17, 15) is 4.79 Å². The van der Waals surface area contributed by atoms with Gasteiger partial charge in [0.05, 0.1) is 5.69 Å². The van der Waals surface area contributed by atoms with Gasteiger partial charge in [0.1, 0.15) is 18.5 Å². The number of rotatable bonds is 5. The zero-order valence-electron chi connectivity index (χ0n) is 16.0. The molecule has 1 amide bonds. The molecule has 1 saturated carbocycles. The van der Waals surface area contributed by atoms with Crippen molar-refractivity contribution >= 4 is 17.4 Å².